The monoisotopic (exact) mass is 445 g/mol. The number of hydrogen-bond acceptors (Lipinski definition) is 4. The van der Waals surface area contributed by atoms with Crippen LogP contribution in [0.3, 0.4) is 0 Å². The van der Waals surface area contributed by atoms with Gasteiger partial charge >= 0.3 is 0 Å². The number of fused-ring (bicyclic) bond motifs is 1. The van der Waals surface area contributed by atoms with Crippen LogP contribution < -0.4 is 10.1 Å². The van der Waals surface area contributed by atoms with Crippen molar-refractivity contribution >= 4 is 22.9 Å². The van der Waals surface area contributed by atoms with Crippen molar-refractivity contribution in [2.24, 2.45) is 0 Å². The highest BCUT2D eigenvalue weighted by molar-refractivity contribution is 5.87. The first-order chi connectivity index (χ1) is 16.1. The number of aromatic amines is 1. The van der Waals surface area contributed by atoms with E-state index in [2.05, 4.69) is 45.7 Å². The molecule has 1 aromatic heterocycles. The number of aromatic hydroxyl groups is 1. The minimum Gasteiger partial charge on any atom is -0.504 e. The van der Waals surface area contributed by atoms with Gasteiger partial charge in [0.15, 0.2) is 11.5 Å². The number of carbonyl (C=O) groups excluding carboxylic acids is 1. The Morgan fingerprint density at radius 3 is 2.82 bits per heavy atom. The first-order valence-corrected chi connectivity index (χ1v) is 11.4. The van der Waals surface area contributed by atoms with E-state index in [1.807, 2.05) is 12.1 Å². The average molecular weight is 446 g/mol. The standard InChI is InChI=1S/C27H31N3O3/c1-33-26-11-10-20(18-25(26)31)6-2-5-9-27(32)28-14-17-30-15-12-21(13-16-30)23-19-29-24-8-4-3-7-22(23)24/h2-11,18-19,21,29,31H,12-17H2,1H3,(H,28,32). The minimum absolute atomic E-state index is 0.0897. The second-order valence-electron chi connectivity index (χ2n) is 8.35. The molecule has 2 aromatic carbocycles. The Hall–Kier alpha value is -3.51. The van der Waals surface area contributed by atoms with E-state index in [0.717, 1.165) is 38.0 Å². The van der Waals surface area contributed by atoms with Crippen molar-refractivity contribution in [2.45, 2.75) is 18.8 Å². The summed E-state index contributed by atoms with van der Waals surface area (Å²) in [6, 6.07) is 13.7. The zero-order valence-corrected chi connectivity index (χ0v) is 19.0. The second-order valence-corrected chi connectivity index (χ2v) is 8.35. The molecule has 0 atom stereocenters. The van der Waals surface area contributed by atoms with Gasteiger partial charge in [-0.1, -0.05) is 42.5 Å². The lowest BCUT2D eigenvalue weighted by atomic mass is 9.89. The highest BCUT2D eigenvalue weighted by atomic mass is 16.5. The van der Waals surface area contributed by atoms with Crippen molar-refractivity contribution < 1.29 is 14.6 Å². The number of likely N-dealkylation sites (tertiary alicyclic amines) is 1. The van der Waals surface area contributed by atoms with Gasteiger partial charge in [0.2, 0.25) is 5.91 Å². The molecule has 1 amide bonds. The van der Waals surface area contributed by atoms with Gasteiger partial charge in [-0.25, -0.2) is 0 Å². The molecule has 0 spiro atoms. The first-order valence-electron chi connectivity index (χ1n) is 11.4. The quantitative estimate of drug-likeness (QED) is 0.354. The number of ether oxygens (including phenoxy) is 1. The Morgan fingerprint density at radius 2 is 2.03 bits per heavy atom. The Kier molecular flexibility index (Phi) is 7.47. The molecule has 6 heteroatoms. The summed E-state index contributed by atoms with van der Waals surface area (Å²) in [6.07, 6.45) is 11.3. The largest absolute Gasteiger partial charge is 0.504 e. The summed E-state index contributed by atoms with van der Waals surface area (Å²) < 4.78 is 5.03. The number of para-hydroxylation sites is 1. The molecule has 0 saturated carbocycles. The Labute approximate surface area is 194 Å². The van der Waals surface area contributed by atoms with Gasteiger partial charge in [-0.2, -0.15) is 0 Å². The number of benzene rings is 2. The summed E-state index contributed by atoms with van der Waals surface area (Å²) in [5, 5.41) is 14.1. The van der Waals surface area contributed by atoms with Gasteiger partial charge in [-0.05, 0) is 61.2 Å². The Morgan fingerprint density at radius 1 is 1.21 bits per heavy atom. The van der Waals surface area contributed by atoms with E-state index in [9.17, 15) is 9.90 Å². The van der Waals surface area contributed by atoms with Gasteiger partial charge in [0.05, 0.1) is 7.11 Å². The van der Waals surface area contributed by atoms with E-state index in [1.165, 1.54) is 29.7 Å². The van der Waals surface area contributed by atoms with Crippen molar-refractivity contribution in [3.8, 4) is 11.5 Å². The maximum absolute atomic E-state index is 12.1. The number of amides is 1. The van der Waals surface area contributed by atoms with Crippen LogP contribution in [0, 0.1) is 0 Å². The number of nitrogens with one attached hydrogen (secondary N) is 2. The molecular formula is C27H31N3O3. The van der Waals surface area contributed by atoms with Crippen LogP contribution >= 0.6 is 0 Å². The molecule has 6 nitrogen and oxygen atoms in total. The van der Waals surface area contributed by atoms with E-state index >= 15 is 0 Å². The predicted octanol–water partition coefficient (Wildman–Crippen LogP) is 4.45. The molecule has 2 heterocycles. The zero-order valence-electron chi connectivity index (χ0n) is 19.0. The number of H-pyrrole nitrogens is 1. The SMILES string of the molecule is COc1ccc(C=CC=CC(=O)NCCN2CCC(c3c[nH]c4ccccc34)CC2)cc1O. The number of piperidine rings is 1. The van der Waals surface area contributed by atoms with Crippen LogP contribution in [0.1, 0.15) is 29.9 Å². The number of methoxy groups -OCH3 is 1. The van der Waals surface area contributed by atoms with Gasteiger partial charge in [0, 0.05) is 36.3 Å². The fourth-order valence-electron chi connectivity index (χ4n) is 4.42. The van der Waals surface area contributed by atoms with E-state index in [0.29, 0.717) is 18.2 Å². The van der Waals surface area contributed by atoms with Crippen LogP contribution in [0.5, 0.6) is 11.5 Å². The fraction of sp³-hybridized carbons (Fsp3) is 0.296. The van der Waals surface area contributed by atoms with Crippen molar-refractivity contribution in [3.63, 3.8) is 0 Å². The third-order valence-electron chi connectivity index (χ3n) is 6.23. The molecule has 0 bridgehead atoms. The van der Waals surface area contributed by atoms with Gasteiger partial charge in [-0.3, -0.25) is 4.79 Å². The van der Waals surface area contributed by atoms with Gasteiger partial charge in [-0.15, -0.1) is 0 Å². The van der Waals surface area contributed by atoms with E-state index in [-0.39, 0.29) is 11.7 Å². The van der Waals surface area contributed by atoms with Crippen molar-refractivity contribution in [1.82, 2.24) is 15.2 Å². The Bertz CT molecular complexity index is 1140. The lowest BCUT2D eigenvalue weighted by molar-refractivity contribution is -0.116. The zero-order chi connectivity index (χ0) is 23.0. The average Bonchev–Trinajstić information content (AvgIpc) is 3.27. The fourth-order valence-corrected chi connectivity index (χ4v) is 4.42. The molecule has 0 unspecified atom stereocenters. The first kappa shape index (κ1) is 22.7. The lowest BCUT2D eigenvalue weighted by Gasteiger charge is -2.31. The number of hydrogen-bond donors (Lipinski definition) is 3. The maximum atomic E-state index is 12.1. The van der Waals surface area contributed by atoms with E-state index in [1.54, 1.807) is 24.3 Å². The summed E-state index contributed by atoms with van der Waals surface area (Å²) in [6.45, 7) is 3.60. The van der Waals surface area contributed by atoms with Crippen molar-refractivity contribution in [1.29, 1.82) is 0 Å². The van der Waals surface area contributed by atoms with Crippen LogP contribution in [0.15, 0.2) is 66.9 Å². The molecule has 172 valence electrons. The molecule has 33 heavy (non-hydrogen) atoms. The minimum atomic E-state index is -0.106. The van der Waals surface area contributed by atoms with Crippen LogP contribution in [0.25, 0.3) is 17.0 Å². The molecule has 0 aliphatic carbocycles. The molecule has 1 saturated heterocycles. The van der Waals surface area contributed by atoms with Crippen molar-refractivity contribution in [3.05, 3.63) is 78.0 Å². The molecule has 1 aliphatic rings. The van der Waals surface area contributed by atoms with Crippen LogP contribution in [0.4, 0.5) is 0 Å². The Balaban J connectivity index is 1.16. The van der Waals surface area contributed by atoms with Gasteiger partial charge in [0.25, 0.3) is 0 Å². The number of phenolic OH excluding ortho intramolecular Hbond substituents is 1. The highest BCUT2D eigenvalue weighted by Crippen LogP contribution is 2.33. The van der Waals surface area contributed by atoms with Crippen LogP contribution in [-0.2, 0) is 4.79 Å². The van der Waals surface area contributed by atoms with Crippen molar-refractivity contribution in [2.75, 3.05) is 33.3 Å². The number of phenols is 1. The third-order valence-corrected chi connectivity index (χ3v) is 6.23. The molecule has 3 N–H and O–H groups in total. The molecule has 0 radical (unpaired) electrons. The summed E-state index contributed by atoms with van der Waals surface area (Å²) in [5.74, 6) is 1.01. The third kappa shape index (κ3) is 5.84. The maximum Gasteiger partial charge on any atom is 0.244 e. The second kappa shape index (κ2) is 10.9. The summed E-state index contributed by atoms with van der Waals surface area (Å²) in [7, 11) is 1.51. The number of allylic oxidation sites excluding steroid dienone is 2. The molecular weight excluding hydrogens is 414 g/mol. The molecule has 4 rings (SSSR count). The lowest BCUT2D eigenvalue weighted by Crippen LogP contribution is -2.38. The van der Waals surface area contributed by atoms with E-state index in [4.69, 9.17) is 4.74 Å². The summed E-state index contributed by atoms with van der Waals surface area (Å²) >= 11 is 0. The van der Waals surface area contributed by atoms with Crippen LogP contribution in [0.2, 0.25) is 0 Å². The number of nitrogens with zero attached hydrogens (tertiary/aromatic N) is 1. The van der Waals surface area contributed by atoms with Crippen LogP contribution in [-0.4, -0.2) is 54.2 Å². The number of aromatic nitrogens is 1. The van der Waals surface area contributed by atoms with Gasteiger partial charge < -0.3 is 25.0 Å². The van der Waals surface area contributed by atoms with E-state index < -0.39 is 0 Å². The predicted molar refractivity (Wildman–Crippen MR) is 133 cm³/mol. The highest BCUT2D eigenvalue weighted by Gasteiger charge is 2.22. The summed E-state index contributed by atoms with van der Waals surface area (Å²) in [5.41, 5.74) is 3.47. The number of carbonyl (C=O) groups is 1. The van der Waals surface area contributed by atoms with Gasteiger partial charge in [0.1, 0.15) is 0 Å². The number of rotatable bonds is 8. The molecule has 1 fully saturated rings. The normalized spacial score (nSPS) is 15.5. The smallest absolute Gasteiger partial charge is 0.244 e. The summed E-state index contributed by atoms with van der Waals surface area (Å²) in [4.78, 5) is 17.9. The molecule has 1 aliphatic heterocycles. The topological polar surface area (TPSA) is 77.6 Å². The molecule has 3 aromatic rings.